The molecule has 1 aliphatic rings. The zero-order chi connectivity index (χ0) is 18.7. The van der Waals surface area contributed by atoms with E-state index >= 15 is 0 Å². The average Bonchev–Trinajstić information content (AvgIpc) is 2.64. The minimum Gasteiger partial charge on any atom is -0.335 e. The van der Waals surface area contributed by atoms with E-state index in [9.17, 15) is 18.0 Å². The maximum atomic E-state index is 12.6. The lowest BCUT2D eigenvalue weighted by Crippen LogP contribution is -2.51. The third-order valence-electron chi connectivity index (χ3n) is 4.29. The molecule has 0 saturated carbocycles. The van der Waals surface area contributed by atoms with Gasteiger partial charge in [0.25, 0.3) is 11.5 Å². The summed E-state index contributed by atoms with van der Waals surface area (Å²) in [5.41, 5.74) is 0.617. The second kappa shape index (κ2) is 7.38. The summed E-state index contributed by atoms with van der Waals surface area (Å²) in [6.07, 6.45) is 0. The predicted molar refractivity (Wildman–Crippen MR) is 96.0 cm³/mol. The zero-order valence-electron chi connectivity index (χ0n) is 14.4. The molecule has 1 aromatic heterocycles. The van der Waals surface area contributed by atoms with Gasteiger partial charge in [0, 0.05) is 39.3 Å². The number of nitrogens with zero attached hydrogens (tertiary/aromatic N) is 4. The standard InChI is InChI=1S/C17H20N4O4S/c1-19-16(22)8-7-15(18-19)17(23)20-9-11-21(12-10-20)26(24,25)13-14-5-3-2-4-6-14/h2-8H,9-13H2,1H3. The van der Waals surface area contributed by atoms with Gasteiger partial charge in [-0.2, -0.15) is 9.40 Å². The maximum absolute atomic E-state index is 12.6. The molecule has 0 spiro atoms. The summed E-state index contributed by atoms with van der Waals surface area (Å²) < 4.78 is 27.6. The molecule has 1 saturated heterocycles. The molecule has 2 heterocycles. The van der Waals surface area contributed by atoms with Gasteiger partial charge in [-0.3, -0.25) is 9.59 Å². The molecule has 138 valence electrons. The monoisotopic (exact) mass is 376 g/mol. The van der Waals surface area contributed by atoms with Crippen LogP contribution in [-0.4, -0.2) is 59.5 Å². The molecule has 1 aromatic carbocycles. The van der Waals surface area contributed by atoms with E-state index in [0.717, 1.165) is 10.2 Å². The van der Waals surface area contributed by atoms with E-state index < -0.39 is 10.0 Å². The van der Waals surface area contributed by atoms with Crippen LogP contribution in [0.1, 0.15) is 16.1 Å². The highest BCUT2D eigenvalue weighted by atomic mass is 32.2. The maximum Gasteiger partial charge on any atom is 0.274 e. The summed E-state index contributed by atoms with van der Waals surface area (Å²) in [6, 6.07) is 11.7. The van der Waals surface area contributed by atoms with E-state index in [1.165, 1.54) is 23.5 Å². The Bertz CT molecular complexity index is 948. The van der Waals surface area contributed by atoms with E-state index in [4.69, 9.17) is 0 Å². The highest BCUT2D eigenvalue weighted by Crippen LogP contribution is 2.14. The molecule has 26 heavy (non-hydrogen) atoms. The van der Waals surface area contributed by atoms with Crippen molar-refractivity contribution in [3.63, 3.8) is 0 Å². The first kappa shape index (κ1) is 18.3. The molecular weight excluding hydrogens is 356 g/mol. The molecule has 0 atom stereocenters. The molecule has 3 rings (SSSR count). The highest BCUT2D eigenvalue weighted by molar-refractivity contribution is 7.88. The number of aromatic nitrogens is 2. The van der Waals surface area contributed by atoms with Crippen molar-refractivity contribution in [3.05, 3.63) is 64.1 Å². The Morgan fingerprint density at radius 3 is 2.31 bits per heavy atom. The third-order valence-corrected chi connectivity index (χ3v) is 6.14. The molecule has 0 N–H and O–H groups in total. The molecule has 9 heteroatoms. The largest absolute Gasteiger partial charge is 0.335 e. The Labute approximate surface area is 151 Å². The van der Waals surface area contributed by atoms with E-state index in [1.54, 1.807) is 17.0 Å². The highest BCUT2D eigenvalue weighted by Gasteiger charge is 2.29. The van der Waals surface area contributed by atoms with Crippen molar-refractivity contribution in [2.75, 3.05) is 26.2 Å². The third kappa shape index (κ3) is 4.00. The number of rotatable bonds is 4. The van der Waals surface area contributed by atoms with E-state index in [1.807, 2.05) is 18.2 Å². The van der Waals surface area contributed by atoms with Crippen LogP contribution in [0.15, 0.2) is 47.3 Å². The molecule has 2 aromatic rings. The second-order valence-electron chi connectivity index (χ2n) is 6.11. The van der Waals surface area contributed by atoms with Gasteiger partial charge in [0.1, 0.15) is 5.69 Å². The van der Waals surface area contributed by atoms with Crippen LogP contribution < -0.4 is 5.56 Å². The summed E-state index contributed by atoms with van der Waals surface area (Å²) in [5, 5.41) is 3.95. The van der Waals surface area contributed by atoms with Gasteiger partial charge < -0.3 is 4.90 Å². The van der Waals surface area contributed by atoms with Crippen molar-refractivity contribution >= 4 is 15.9 Å². The Balaban J connectivity index is 1.64. The molecule has 1 amide bonds. The minimum atomic E-state index is -3.43. The smallest absolute Gasteiger partial charge is 0.274 e. The van der Waals surface area contributed by atoms with Gasteiger partial charge in [0.15, 0.2) is 0 Å². The fourth-order valence-corrected chi connectivity index (χ4v) is 4.34. The summed E-state index contributed by atoms with van der Waals surface area (Å²) in [4.78, 5) is 25.4. The first-order valence-electron chi connectivity index (χ1n) is 8.22. The number of benzene rings is 1. The molecule has 0 unspecified atom stereocenters. The number of carbonyl (C=O) groups excluding carboxylic acids is 1. The topological polar surface area (TPSA) is 92.6 Å². The van der Waals surface area contributed by atoms with Crippen molar-refractivity contribution in [1.82, 2.24) is 19.0 Å². The fraction of sp³-hybridized carbons (Fsp3) is 0.353. The van der Waals surface area contributed by atoms with Crippen LogP contribution in [0.2, 0.25) is 0 Å². The lowest BCUT2D eigenvalue weighted by molar-refractivity contribution is 0.0689. The Morgan fingerprint density at radius 2 is 1.69 bits per heavy atom. The Hall–Kier alpha value is -2.52. The fourth-order valence-electron chi connectivity index (χ4n) is 2.82. The lowest BCUT2D eigenvalue weighted by atomic mass is 10.2. The van der Waals surface area contributed by atoms with Gasteiger partial charge >= 0.3 is 0 Å². The summed E-state index contributed by atoms with van der Waals surface area (Å²) in [5.74, 6) is -0.356. The number of sulfonamides is 1. The van der Waals surface area contributed by atoms with Gasteiger partial charge in [-0.05, 0) is 11.6 Å². The van der Waals surface area contributed by atoms with Crippen molar-refractivity contribution < 1.29 is 13.2 Å². The molecule has 0 aliphatic carbocycles. The van der Waals surface area contributed by atoms with E-state index in [2.05, 4.69) is 5.10 Å². The summed E-state index contributed by atoms with van der Waals surface area (Å²) in [7, 11) is -1.95. The molecule has 8 nitrogen and oxygen atoms in total. The van der Waals surface area contributed by atoms with Gasteiger partial charge in [-0.25, -0.2) is 13.1 Å². The number of aryl methyl sites for hydroxylation is 1. The zero-order valence-corrected chi connectivity index (χ0v) is 15.2. The molecular formula is C17H20N4O4S. The molecule has 1 fully saturated rings. The van der Waals surface area contributed by atoms with Gasteiger partial charge in [-0.15, -0.1) is 0 Å². The van der Waals surface area contributed by atoms with Gasteiger partial charge in [0.2, 0.25) is 10.0 Å². The number of carbonyl (C=O) groups is 1. The number of amides is 1. The minimum absolute atomic E-state index is 0.0514. The molecule has 1 aliphatic heterocycles. The first-order valence-corrected chi connectivity index (χ1v) is 9.83. The van der Waals surface area contributed by atoms with Crippen LogP contribution >= 0.6 is 0 Å². The summed E-state index contributed by atoms with van der Waals surface area (Å²) in [6.45, 7) is 1.06. The number of hydrogen-bond donors (Lipinski definition) is 0. The van der Waals surface area contributed by atoms with Crippen LogP contribution in [0, 0.1) is 0 Å². The average molecular weight is 376 g/mol. The van der Waals surface area contributed by atoms with Gasteiger partial charge in [-0.1, -0.05) is 30.3 Å². The lowest BCUT2D eigenvalue weighted by Gasteiger charge is -2.33. The number of piperazine rings is 1. The first-order chi connectivity index (χ1) is 12.4. The van der Waals surface area contributed by atoms with Crippen LogP contribution in [0.3, 0.4) is 0 Å². The normalized spacial score (nSPS) is 15.8. The molecule has 0 radical (unpaired) electrons. The Morgan fingerprint density at radius 1 is 1.04 bits per heavy atom. The van der Waals surface area contributed by atoms with Crippen LogP contribution in [0.25, 0.3) is 0 Å². The van der Waals surface area contributed by atoms with Crippen LogP contribution in [0.5, 0.6) is 0 Å². The van der Waals surface area contributed by atoms with Crippen molar-refractivity contribution in [2.24, 2.45) is 7.05 Å². The van der Waals surface area contributed by atoms with Crippen molar-refractivity contribution in [1.29, 1.82) is 0 Å². The molecule has 0 bridgehead atoms. The SMILES string of the molecule is Cn1nc(C(=O)N2CCN(S(=O)(=O)Cc3ccccc3)CC2)ccc1=O. The summed E-state index contributed by atoms with van der Waals surface area (Å²) >= 11 is 0. The van der Waals surface area contributed by atoms with E-state index in [0.29, 0.717) is 0 Å². The van der Waals surface area contributed by atoms with Crippen molar-refractivity contribution in [3.8, 4) is 0 Å². The van der Waals surface area contributed by atoms with Gasteiger partial charge in [0.05, 0.1) is 5.75 Å². The predicted octanol–water partition coefficient (Wildman–Crippen LogP) is 0.0681. The Kier molecular flexibility index (Phi) is 5.19. The van der Waals surface area contributed by atoms with Crippen LogP contribution in [0.4, 0.5) is 0 Å². The van der Waals surface area contributed by atoms with Crippen molar-refractivity contribution in [2.45, 2.75) is 5.75 Å². The quantitative estimate of drug-likeness (QED) is 0.753. The number of hydrogen-bond acceptors (Lipinski definition) is 5. The van der Waals surface area contributed by atoms with E-state index in [-0.39, 0.29) is 49.1 Å². The van der Waals surface area contributed by atoms with Crippen LogP contribution in [-0.2, 0) is 22.8 Å². The second-order valence-corrected chi connectivity index (χ2v) is 8.08.